The number of pyridine rings is 1. The summed E-state index contributed by atoms with van der Waals surface area (Å²) >= 11 is 6.52. The first-order chi connectivity index (χ1) is 13.8. The van der Waals surface area contributed by atoms with E-state index in [2.05, 4.69) is 10.2 Å². The first-order valence-electron chi connectivity index (χ1n) is 8.89. The Hall–Kier alpha value is -3.37. The van der Waals surface area contributed by atoms with Gasteiger partial charge in [-0.05, 0) is 50.1 Å². The van der Waals surface area contributed by atoms with Crippen LogP contribution in [0.5, 0.6) is 5.75 Å². The number of hydrogen-bond donors (Lipinski definition) is 0. The van der Waals surface area contributed by atoms with Gasteiger partial charge in [0.1, 0.15) is 22.5 Å². The van der Waals surface area contributed by atoms with Gasteiger partial charge in [0.15, 0.2) is 0 Å². The van der Waals surface area contributed by atoms with E-state index in [0.717, 1.165) is 11.3 Å². The van der Waals surface area contributed by atoms with Crippen molar-refractivity contribution in [1.82, 2.24) is 14.5 Å². The van der Waals surface area contributed by atoms with Crippen LogP contribution in [0, 0.1) is 32.1 Å². The maximum Gasteiger partial charge on any atom is 0.289 e. The second-order valence-electron chi connectivity index (χ2n) is 6.62. The number of aryl methyl sites for hydroxylation is 3. The third-order valence-corrected chi connectivity index (χ3v) is 4.95. The third kappa shape index (κ3) is 4.08. The molecule has 0 saturated heterocycles. The predicted molar refractivity (Wildman–Crippen MR) is 112 cm³/mol. The molecule has 0 radical (unpaired) electrons. The van der Waals surface area contributed by atoms with E-state index < -0.39 is 5.56 Å². The van der Waals surface area contributed by atoms with Crippen LogP contribution in [0.3, 0.4) is 0 Å². The summed E-state index contributed by atoms with van der Waals surface area (Å²) in [5.41, 5.74) is 3.14. The Morgan fingerprint density at radius 2 is 2.07 bits per heavy atom. The minimum absolute atomic E-state index is 0.0734. The average molecular weight is 410 g/mol. The quantitative estimate of drug-likeness (QED) is 0.604. The van der Waals surface area contributed by atoms with E-state index in [0.29, 0.717) is 34.2 Å². The molecule has 0 N–H and O–H groups in total. The molecule has 0 aliphatic carbocycles. The minimum Gasteiger partial charge on any atom is -0.497 e. The number of hydrogen-bond acceptors (Lipinski definition) is 5. The van der Waals surface area contributed by atoms with Crippen molar-refractivity contribution in [2.75, 3.05) is 7.11 Å². The fraction of sp³-hybridized carbons (Fsp3) is 0.238. The number of nitriles is 1. The van der Waals surface area contributed by atoms with Crippen LogP contribution >= 0.6 is 11.6 Å². The Morgan fingerprint density at radius 1 is 1.31 bits per heavy atom. The predicted octanol–water partition coefficient (Wildman–Crippen LogP) is 3.43. The molecular formula is C21H20ClN5O2. The first kappa shape index (κ1) is 20.4. The van der Waals surface area contributed by atoms with Crippen LogP contribution in [0.2, 0.25) is 5.15 Å². The van der Waals surface area contributed by atoms with Crippen molar-refractivity contribution < 1.29 is 4.74 Å². The van der Waals surface area contributed by atoms with E-state index in [1.807, 2.05) is 37.3 Å². The molecule has 0 fully saturated rings. The van der Waals surface area contributed by atoms with Crippen LogP contribution in [-0.2, 0) is 6.54 Å². The summed E-state index contributed by atoms with van der Waals surface area (Å²) < 4.78 is 8.11. The monoisotopic (exact) mass is 409 g/mol. The number of nitrogens with zero attached hydrogens (tertiary/aromatic N) is 5. The zero-order valence-corrected chi connectivity index (χ0v) is 17.4. The summed E-state index contributed by atoms with van der Waals surface area (Å²) in [7, 11) is 1.62. The molecule has 7 nitrogen and oxygen atoms in total. The van der Waals surface area contributed by atoms with Crippen LogP contribution in [0.4, 0.5) is 0 Å². The zero-order valence-electron chi connectivity index (χ0n) is 16.6. The summed E-state index contributed by atoms with van der Waals surface area (Å²) in [6, 6.07) is 11.3. The van der Waals surface area contributed by atoms with E-state index in [9.17, 15) is 10.1 Å². The molecule has 148 valence electrons. The van der Waals surface area contributed by atoms with E-state index >= 15 is 0 Å². The van der Waals surface area contributed by atoms with Crippen molar-refractivity contribution in [3.8, 4) is 11.8 Å². The van der Waals surface area contributed by atoms with Crippen LogP contribution in [0.1, 0.15) is 33.6 Å². The van der Waals surface area contributed by atoms with Crippen LogP contribution in [0.25, 0.3) is 0 Å². The van der Waals surface area contributed by atoms with Crippen LogP contribution < -0.4 is 10.3 Å². The van der Waals surface area contributed by atoms with Gasteiger partial charge in [0.25, 0.3) is 5.56 Å². The standard InChI is InChI=1S/C21H20ClN5O2/c1-13-8-14(2)27(21(28)18(13)10-23)24-11-19-15(3)25-26(20(19)22)12-16-6-5-7-17(9-16)29-4/h5-9,11H,12H2,1-4H3/b24-11+. The number of halogens is 1. The Labute approximate surface area is 173 Å². The van der Waals surface area contributed by atoms with Crippen molar-refractivity contribution in [3.63, 3.8) is 0 Å². The molecule has 1 aromatic carbocycles. The maximum atomic E-state index is 12.5. The molecule has 0 amide bonds. The van der Waals surface area contributed by atoms with E-state index in [1.54, 1.807) is 31.7 Å². The van der Waals surface area contributed by atoms with Gasteiger partial charge in [-0.1, -0.05) is 23.7 Å². The molecule has 8 heteroatoms. The highest BCUT2D eigenvalue weighted by Gasteiger charge is 2.14. The average Bonchev–Trinajstić information content (AvgIpc) is 2.95. The molecule has 2 heterocycles. The van der Waals surface area contributed by atoms with Crippen molar-refractivity contribution in [2.24, 2.45) is 5.10 Å². The summed E-state index contributed by atoms with van der Waals surface area (Å²) in [5, 5.41) is 18.4. The molecule has 0 unspecified atom stereocenters. The summed E-state index contributed by atoms with van der Waals surface area (Å²) in [4.78, 5) is 12.5. The first-order valence-corrected chi connectivity index (χ1v) is 9.27. The molecule has 0 saturated carbocycles. The molecule has 0 spiro atoms. The Morgan fingerprint density at radius 3 is 2.76 bits per heavy atom. The minimum atomic E-state index is -0.459. The lowest BCUT2D eigenvalue weighted by Gasteiger charge is -2.06. The van der Waals surface area contributed by atoms with Gasteiger partial charge in [0, 0.05) is 5.69 Å². The summed E-state index contributed by atoms with van der Waals surface area (Å²) in [5.74, 6) is 0.756. The van der Waals surface area contributed by atoms with Crippen LogP contribution in [-0.4, -0.2) is 27.8 Å². The third-order valence-electron chi connectivity index (χ3n) is 4.55. The second kappa shape index (κ2) is 8.33. The second-order valence-corrected chi connectivity index (χ2v) is 6.97. The number of methoxy groups -OCH3 is 1. The lowest BCUT2D eigenvalue weighted by Crippen LogP contribution is -2.22. The zero-order chi connectivity index (χ0) is 21.1. The molecule has 2 aromatic heterocycles. The van der Waals surface area contributed by atoms with Gasteiger partial charge in [-0.25, -0.2) is 9.36 Å². The van der Waals surface area contributed by atoms with Gasteiger partial charge in [-0.3, -0.25) is 4.79 Å². The van der Waals surface area contributed by atoms with Crippen molar-refractivity contribution in [2.45, 2.75) is 27.3 Å². The van der Waals surface area contributed by atoms with Crippen molar-refractivity contribution >= 4 is 17.8 Å². The fourth-order valence-electron chi connectivity index (χ4n) is 3.04. The maximum absolute atomic E-state index is 12.5. The number of benzene rings is 1. The smallest absolute Gasteiger partial charge is 0.289 e. The molecule has 3 rings (SSSR count). The van der Waals surface area contributed by atoms with E-state index in [-0.39, 0.29) is 5.56 Å². The number of ether oxygens (including phenoxy) is 1. The lowest BCUT2D eigenvalue weighted by molar-refractivity contribution is 0.414. The topological polar surface area (TPSA) is 85.2 Å². The number of aromatic nitrogens is 3. The highest BCUT2D eigenvalue weighted by Crippen LogP contribution is 2.21. The Kier molecular flexibility index (Phi) is 5.85. The molecule has 29 heavy (non-hydrogen) atoms. The van der Waals surface area contributed by atoms with Gasteiger partial charge in [-0.15, -0.1) is 0 Å². The largest absolute Gasteiger partial charge is 0.497 e. The van der Waals surface area contributed by atoms with Crippen molar-refractivity contribution in [3.05, 3.63) is 79.5 Å². The highest BCUT2D eigenvalue weighted by molar-refractivity contribution is 6.32. The summed E-state index contributed by atoms with van der Waals surface area (Å²) in [6.07, 6.45) is 1.50. The Balaban J connectivity index is 1.96. The SMILES string of the molecule is COc1cccc(Cn2nc(C)c(/C=N/n3c(C)cc(C)c(C#N)c3=O)c2Cl)c1. The molecule has 0 aliphatic rings. The number of rotatable bonds is 5. The highest BCUT2D eigenvalue weighted by atomic mass is 35.5. The van der Waals surface area contributed by atoms with E-state index in [1.165, 1.54) is 10.9 Å². The van der Waals surface area contributed by atoms with Gasteiger partial charge < -0.3 is 4.74 Å². The molecular weight excluding hydrogens is 390 g/mol. The fourth-order valence-corrected chi connectivity index (χ4v) is 3.32. The van der Waals surface area contributed by atoms with Gasteiger partial charge in [0.2, 0.25) is 0 Å². The summed E-state index contributed by atoms with van der Waals surface area (Å²) in [6.45, 7) is 5.77. The normalized spacial score (nSPS) is 11.0. The Bertz CT molecular complexity index is 1200. The van der Waals surface area contributed by atoms with Crippen molar-refractivity contribution in [1.29, 1.82) is 5.26 Å². The molecule has 3 aromatic rings. The van der Waals surface area contributed by atoms with Crippen LogP contribution in [0.15, 0.2) is 40.2 Å². The van der Waals surface area contributed by atoms with E-state index in [4.69, 9.17) is 16.3 Å². The van der Waals surface area contributed by atoms with Gasteiger partial charge in [-0.2, -0.15) is 15.5 Å². The van der Waals surface area contributed by atoms with Gasteiger partial charge >= 0.3 is 0 Å². The molecule has 0 atom stereocenters. The molecule has 0 aliphatic heterocycles. The molecule has 0 bridgehead atoms. The lowest BCUT2D eigenvalue weighted by atomic mass is 10.1. The van der Waals surface area contributed by atoms with Gasteiger partial charge in [0.05, 0.1) is 31.1 Å².